The topological polar surface area (TPSA) is 83.0 Å². The van der Waals surface area contributed by atoms with Crippen LogP contribution in [0.1, 0.15) is 44.6 Å². The van der Waals surface area contributed by atoms with E-state index in [1.165, 1.54) is 11.8 Å². The largest absolute Gasteiger partial charge is 0.411 e. The first kappa shape index (κ1) is 19.4. The number of carbonyl (C=O) groups is 1. The zero-order valence-corrected chi connectivity index (χ0v) is 16.8. The van der Waals surface area contributed by atoms with Gasteiger partial charge >= 0.3 is 0 Å². The third-order valence-corrected chi connectivity index (χ3v) is 6.08. The van der Waals surface area contributed by atoms with Crippen molar-refractivity contribution in [3.05, 3.63) is 29.8 Å². The van der Waals surface area contributed by atoms with Crippen LogP contribution in [0.2, 0.25) is 0 Å². The molecule has 6 nitrogen and oxygen atoms in total. The van der Waals surface area contributed by atoms with Crippen LogP contribution < -0.4 is 0 Å². The van der Waals surface area contributed by atoms with Gasteiger partial charge in [-0.2, -0.15) is 5.26 Å². The van der Waals surface area contributed by atoms with Gasteiger partial charge in [0, 0.05) is 12.6 Å². The lowest BCUT2D eigenvalue weighted by Gasteiger charge is -2.39. The van der Waals surface area contributed by atoms with Crippen molar-refractivity contribution in [1.82, 2.24) is 15.1 Å². The van der Waals surface area contributed by atoms with Crippen LogP contribution in [-0.2, 0) is 4.79 Å². The molecule has 27 heavy (non-hydrogen) atoms. The lowest BCUT2D eigenvalue weighted by Crippen LogP contribution is -2.52. The van der Waals surface area contributed by atoms with Crippen molar-refractivity contribution in [1.29, 1.82) is 5.26 Å². The Balaban J connectivity index is 1.69. The maximum atomic E-state index is 12.9. The van der Waals surface area contributed by atoms with E-state index in [1.54, 1.807) is 11.9 Å². The van der Waals surface area contributed by atoms with Gasteiger partial charge in [-0.25, -0.2) is 0 Å². The third-order valence-electron chi connectivity index (χ3n) is 5.16. The van der Waals surface area contributed by atoms with E-state index in [1.807, 2.05) is 38.1 Å². The molecular formula is C20H24N4O2S. The Bertz CT molecular complexity index is 852. The Labute approximate surface area is 164 Å². The van der Waals surface area contributed by atoms with Gasteiger partial charge in [0.2, 0.25) is 11.8 Å². The molecule has 0 aliphatic heterocycles. The van der Waals surface area contributed by atoms with Crippen molar-refractivity contribution in [3.8, 4) is 17.5 Å². The minimum absolute atomic E-state index is 0.0845. The number of nitriles is 1. The first-order valence-electron chi connectivity index (χ1n) is 9.21. The summed E-state index contributed by atoms with van der Waals surface area (Å²) in [4.78, 5) is 14.5. The molecule has 0 unspecified atom stereocenters. The van der Waals surface area contributed by atoms with Crippen molar-refractivity contribution in [2.24, 2.45) is 0 Å². The molecule has 7 heteroatoms. The third kappa shape index (κ3) is 4.16. The van der Waals surface area contributed by atoms with E-state index in [-0.39, 0.29) is 5.91 Å². The SMILES string of the molecule is Cc1cccc(-c2nnc(S[C@@H](C)C(=O)N(C)C3(C#N)CCCCC3)o2)c1. The molecule has 1 fully saturated rings. The fraction of sp³-hybridized carbons (Fsp3) is 0.500. The predicted octanol–water partition coefficient (Wildman–Crippen LogP) is 4.21. The van der Waals surface area contributed by atoms with Crippen molar-refractivity contribution in [3.63, 3.8) is 0 Å². The molecule has 0 spiro atoms. The molecule has 1 saturated carbocycles. The molecule has 0 radical (unpaired) electrons. The first-order chi connectivity index (χ1) is 12.9. The zero-order chi connectivity index (χ0) is 19.4. The van der Waals surface area contributed by atoms with Crippen LogP contribution in [0, 0.1) is 18.3 Å². The highest BCUT2D eigenvalue weighted by molar-refractivity contribution is 8.00. The minimum Gasteiger partial charge on any atom is -0.411 e. The fourth-order valence-electron chi connectivity index (χ4n) is 3.50. The highest BCUT2D eigenvalue weighted by Crippen LogP contribution is 2.34. The van der Waals surface area contributed by atoms with Crippen LogP contribution >= 0.6 is 11.8 Å². The van der Waals surface area contributed by atoms with E-state index in [2.05, 4.69) is 16.3 Å². The van der Waals surface area contributed by atoms with Gasteiger partial charge in [-0.05, 0) is 38.8 Å². The predicted molar refractivity (Wildman–Crippen MR) is 104 cm³/mol. The van der Waals surface area contributed by atoms with Gasteiger partial charge in [0.1, 0.15) is 5.54 Å². The van der Waals surface area contributed by atoms with Gasteiger partial charge in [0.05, 0.1) is 11.3 Å². The fourth-order valence-corrected chi connectivity index (χ4v) is 4.27. The van der Waals surface area contributed by atoms with Crippen LogP contribution in [0.15, 0.2) is 33.9 Å². The number of hydrogen-bond donors (Lipinski definition) is 0. The monoisotopic (exact) mass is 384 g/mol. The zero-order valence-electron chi connectivity index (χ0n) is 15.9. The average molecular weight is 385 g/mol. The van der Waals surface area contributed by atoms with Crippen LogP contribution in [0.3, 0.4) is 0 Å². The van der Waals surface area contributed by atoms with Crippen LogP contribution in [-0.4, -0.2) is 38.8 Å². The molecule has 0 saturated heterocycles. The van der Waals surface area contributed by atoms with E-state index in [9.17, 15) is 10.1 Å². The lowest BCUT2D eigenvalue weighted by atomic mass is 9.81. The summed E-state index contributed by atoms with van der Waals surface area (Å²) in [5, 5.41) is 17.8. The Hall–Kier alpha value is -2.33. The number of aryl methyl sites for hydroxylation is 1. The summed E-state index contributed by atoms with van der Waals surface area (Å²) < 4.78 is 5.73. The van der Waals surface area contributed by atoms with Crippen molar-refractivity contribution >= 4 is 17.7 Å². The first-order valence-corrected chi connectivity index (χ1v) is 10.1. The maximum Gasteiger partial charge on any atom is 0.277 e. The van der Waals surface area contributed by atoms with E-state index in [4.69, 9.17) is 4.42 Å². The van der Waals surface area contributed by atoms with Crippen molar-refractivity contribution in [2.45, 2.75) is 62.0 Å². The van der Waals surface area contributed by atoms with E-state index >= 15 is 0 Å². The summed E-state index contributed by atoms with van der Waals surface area (Å²) in [6.07, 6.45) is 4.56. The number of aromatic nitrogens is 2. The van der Waals surface area contributed by atoms with Gasteiger partial charge in [0.15, 0.2) is 0 Å². The molecular weight excluding hydrogens is 360 g/mol. The molecule has 1 aromatic heterocycles. The molecule has 1 atom stereocenters. The second-order valence-electron chi connectivity index (χ2n) is 7.10. The van der Waals surface area contributed by atoms with E-state index < -0.39 is 10.8 Å². The quantitative estimate of drug-likeness (QED) is 0.718. The molecule has 3 rings (SSSR count). The smallest absolute Gasteiger partial charge is 0.277 e. The Kier molecular flexibility index (Phi) is 5.85. The second kappa shape index (κ2) is 8.13. The highest BCUT2D eigenvalue weighted by Gasteiger charge is 2.40. The summed E-state index contributed by atoms with van der Waals surface area (Å²) in [6, 6.07) is 10.2. The number of amides is 1. The molecule has 2 aromatic rings. The van der Waals surface area contributed by atoms with E-state index in [0.717, 1.165) is 43.2 Å². The number of benzene rings is 1. The van der Waals surface area contributed by atoms with Gasteiger partial charge < -0.3 is 9.32 Å². The van der Waals surface area contributed by atoms with Gasteiger partial charge in [-0.3, -0.25) is 4.79 Å². The normalized spacial score (nSPS) is 17.1. The lowest BCUT2D eigenvalue weighted by molar-refractivity contribution is -0.133. The Morgan fingerprint density at radius 3 is 2.74 bits per heavy atom. The summed E-state index contributed by atoms with van der Waals surface area (Å²) in [5.74, 6) is 0.355. The molecule has 1 aliphatic rings. The molecule has 142 valence electrons. The molecule has 1 aliphatic carbocycles. The summed E-state index contributed by atoms with van der Waals surface area (Å²) >= 11 is 1.23. The molecule has 1 amide bonds. The van der Waals surface area contributed by atoms with Gasteiger partial charge in [-0.1, -0.05) is 48.7 Å². The number of thioether (sulfide) groups is 1. The number of carbonyl (C=O) groups excluding carboxylic acids is 1. The maximum absolute atomic E-state index is 12.9. The minimum atomic E-state index is -0.689. The molecule has 1 heterocycles. The van der Waals surface area contributed by atoms with Crippen molar-refractivity contribution in [2.75, 3.05) is 7.05 Å². The van der Waals surface area contributed by atoms with Crippen molar-refractivity contribution < 1.29 is 9.21 Å². The second-order valence-corrected chi connectivity index (χ2v) is 8.40. The highest BCUT2D eigenvalue weighted by atomic mass is 32.2. The number of rotatable bonds is 5. The number of hydrogen-bond acceptors (Lipinski definition) is 6. The van der Waals surface area contributed by atoms with Crippen LogP contribution in [0.4, 0.5) is 0 Å². The Morgan fingerprint density at radius 2 is 2.07 bits per heavy atom. The molecule has 1 aromatic carbocycles. The summed E-state index contributed by atoms with van der Waals surface area (Å²) in [7, 11) is 1.74. The number of nitrogens with zero attached hydrogens (tertiary/aromatic N) is 4. The Morgan fingerprint density at radius 1 is 1.33 bits per heavy atom. The molecule has 0 bridgehead atoms. The molecule has 0 N–H and O–H groups in total. The summed E-state index contributed by atoms with van der Waals surface area (Å²) in [5.41, 5.74) is 1.28. The summed E-state index contributed by atoms with van der Waals surface area (Å²) in [6.45, 7) is 3.82. The van der Waals surface area contributed by atoms with Gasteiger partial charge in [0.25, 0.3) is 5.22 Å². The van der Waals surface area contributed by atoms with Gasteiger partial charge in [-0.15, -0.1) is 10.2 Å². The van der Waals surface area contributed by atoms with Crippen LogP contribution in [0.25, 0.3) is 11.5 Å². The van der Waals surface area contributed by atoms with Crippen LogP contribution in [0.5, 0.6) is 0 Å². The van der Waals surface area contributed by atoms with E-state index in [0.29, 0.717) is 11.1 Å². The average Bonchev–Trinajstić information content (AvgIpc) is 3.15. The standard InChI is InChI=1S/C20H24N4O2S/c1-14-8-7-9-16(12-14)17-22-23-19(26-17)27-15(2)18(25)24(3)20(13-21)10-5-4-6-11-20/h7-9,12,15H,4-6,10-11H2,1-3H3/t15-/m0/s1.